The maximum atomic E-state index is 10.5. The van der Waals surface area contributed by atoms with Crippen molar-refractivity contribution >= 4 is 11.7 Å². The monoisotopic (exact) mass is 268 g/mol. The highest BCUT2D eigenvalue weighted by Crippen LogP contribution is 2.19. The molecular formula is C15H16N4O. The molecule has 0 saturated heterocycles. The summed E-state index contributed by atoms with van der Waals surface area (Å²) in [4.78, 5) is 0. The lowest BCUT2D eigenvalue weighted by atomic mass is 9.99. The molecule has 0 spiro atoms. The van der Waals surface area contributed by atoms with E-state index in [0.717, 1.165) is 11.1 Å². The lowest BCUT2D eigenvalue weighted by molar-refractivity contribution is 0.247. The van der Waals surface area contributed by atoms with Crippen LogP contribution in [0, 0.1) is 0 Å². The fourth-order valence-corrected chi connectivity index (χ4v) is 1.78. The zero-order valence-corrected chi connectivity index (χ0v) is 10.8. The number of benzene rings is 2. The molecule has 20 heavy (non-hydrogen) atoms. The van der Waals surface area contributed by atoms with Gasteiger partial charge in [-0.25, -0.2) is 0 Å². The molecule has 2 rings (SSSR count). The van der Waals surface area contributed by atoms with Crippen LogP contribution in [0.4, 0.5) is 0 Å². The number of aliphatic hydroxyl groups is 1. The summed E-state index contributed by atoms with van der Waals surface area (Å²) in [5.41, 5.74) is 12.5. The van der Waals surface area contributed by atoms with Gasteiger partial charge in [0.25, 0.3) is 0 Å². The topological polar surface area (TPSA) is 97.0 Å². The van der Waals surface area contributed by atoms with Gasteiger partial charge < -0.3 is 16.6 Å². The number of nitrogens with zero attached hydrogens (tertiary/aromatic N) is 2. The molecule has 1 atom stereocenters. The van der Waals surface area contributed by atoms with Crippen LogP contribution in [0.15, 0.2) is 70.9 Å². The van der Waals surface area contributed by atoms with Gasteiger partial charge in [-0.2, -0.15) is 0 Å². The zero-order chi connectivity index (χ0) is 14.4. The third-order valence-electron chi connectivity index (χ3n) is 2.72. The van der Waals surface area contributed by atoms with Gasteiger partial charge in [0.1, 0.15) is 11.8 Å². The predicted molar refractivity (Wildman–Crippen MR) is 80.2 cm³/mol. The molecule has 0 bridgehead atoms. The third-order valence-corrected chi connectivity index (χ3v) is 2.72. The molecule has 5 nitrogen and oxygen atoms in total. The summed E-state index contributed by atoms with van der Waals surface area (Å²) in [7, 11) is 0. The van der Waals surface area contributed by atoms with Gasteiger partial charge >= 0.3 is 0 Å². The van der Waals surface area contributed by atoms with E-state index >= 15 is 0 Å². The number of hydrogen-bond donors (Lipinski definition) is 3. The summed E-state index contributed by atoms with van der Waals surface area (Å²) in [6, 6.07) is 18.5. The molecule has 2 aromatic carbocycles. The van der Waals surface area contributed by atoms with E-state index in [1.807, 2.05) is 60.7 Å². The summed E-state index contributed by atoms with van der Waals surface area (Å²) in [5.74, 6) is -0.154. The molecule has 0 heterocycles. The molecule has 102 valence electrons. The normalized spacial score (nSPS) is 12.8. The molecule has 2 aromatic rings. The largest absolute Gasteiger partial charge is 0.382 e. The van der Waals surface area contributed by atoms with Crippen molar-refractivity contribution in [3.8, 4) is 0 Å². The van der Waals surface area contributed by atoms with Crippen LogP contribution in [0.3, 0.4) is 0 Å². The smallest absolute Gasteiger partial charge is 0.211 e. The first-order chi connectivity index (χ1) is 9.68. The minimum Gasteiger partial charge on any atom is -0.382 e. The second-order valence-corrected chi connectivity index (χ2v) is 4.19. The van der Waals surface area contributed by atoms with Crippen molar-refractivity contribution in [1.29, 1.82) is 0 Å². The van der Waals surface area contributed by atoms with Crippen LogP contribution in [0.1, 0.15) is 17.2 Å². The van der Waals surface area contributed by atoms with E-state index in [1.54, 1.807) is 0 Å². The molecule has 0 aromatic heterocycles. The zero-order valence-electron chi connectivity index (χ0n) is 10.8. The Morgan fingerprint density at radius 3 is 1.95 bits per heavy atom. The Morgan fingerprint density at radius 1 is 0.850 bits per heavy atom. The molecular weight excluding hydrogens is 252 g/mol. The van der Waals surface area contributed by atoms with E-state index in [2.05, 4.69) is 10.2 Å². The lowest BCUT2D eigenvalue weighted by Crippen LogP contribution is -2.22. The second kappa shape index (κ2) is 6.49. The molecule has 0 fully saturated rings. The SMILES string of the molecule is NC(N)=NN=C(c1ccccc1)C(O)c1ccccc1. The van der Waals surface area contributed by atoms with Crippen LogP contribution >= 0.6 is 0 Å². The van der Waals surface area contributed by atoms with E-state index in [4.69, 9.17) is 11.5 Å². The van der Waals surface area contributed by atoms with E-state index in [0.29, 0.717) is 5.71 Å². The van der Waals surface area contributed by atoms with Crippen molar-refractivity contribution in [3.05, 3.63) is 71.8 Å². The number of nitrogens with two attached hydrogens (primary N) is 2. The van der Waals surface area contributed by atoms with E-state index in [1.165, 1.54) is 0 Å². The van der Waals surface area contributed by atoms with Crippen molar-refractivity contribution < 1.29 is 5.11 Å². The van der Waals surface area contributed by atoms with Gasteiger partial charge in [-0.15, -0.1) is 10.2 Å². The van der Waals surface area contributed by atoms with Gasteiger partial charge in [0.15, 0.2) is 0 Å². The van der Waals surface area contributed by atoms with Crippen LogP contribution < -0.4 is 11.5 Å². The van der Waals surface area contributed by atoms with Gasteiger partial charge in [0.2, 0.25) is 5.96 Å². The van der Waals surface area contributed by atoms with Crippen LogP contribution in [-0.2, 0) is 0 Å². The Morgan fingerprint density at radius 2 is 1.40 bits per heavy atom. The number of hydrogen-bond acceptors (Lipinski definition) is 3. The molecule has 0 radical (unpaired) electrons. The summed E-state index contributed by atoms with van der Waals surface area (Å²) in [6.45, 7) is 0. The average molecular weight is 268 g/mol. The van der Waals surface area contributed by atoms with Gasteiger partial charge in [-0.05, 0) is 5.56 Å². The quantitative estimate of drug-likeness (QED) is 0.444. The Balaban J connectivity index is 2.42. The highest BCUT2D eigenvalue weighted by Gasteiger charge is 2.17. The van der Waals surface area contributed by atoms with Crippen molar-refractivity contribution in [2.24, 2.45) is 21.7 Å². The molecule has 0 aliphatic heterocycles. The predicted octanol–water partition coefficient (Wildman–Crippen LogP) is 1.40. The molecule has 5 N–H and O–H groups in total. The molecule has 5 heteroatoms. The number of rotatable bonds is 4. The van der Waals surface area contributed by atoms with E-state index in [-0.39, 0.29) is 5.96 Å². The van der Waals surface area contributed by atoms with Crippen molar-refractivity contribution in [2.45, 2.75) is 6.10 Å². The Kier molecular flexibility index (Phi) is 4.47. The molecule has 0 amide bonds. The van der Waals surface area contributed by atoms with E-state index in [9.17, 15) is 5.11 Å². The van der Waals surface area contributed by atoms with Gasteiger partial charge in [0.05, 0.1) is 0 Å². The first-order valence-electron chi connectivity index (χ1n) is 6.13. The first-order valence-corrected chi connectivity index (χ1v) is 6.13. The fraction of sp³-hybridized carbons (Fsp3) is 0.0667. The van der Waals surface area contributed by atoms with Crippen LogP contribution in [0.5, 0.6) is 0 Å². The third kappa shape index (κ3) is 3.43. The number of guanidine groups is 1. The number of aliphatic hydroxyl groups excluding tert-OH is 1. The fourth-order valence-electron chi connectivity index (χ4n) is 1.78. The Labute approximate surface area is 117 Å². The van der Waals surface area contributed by atoms with Crippen molar-refractivity contribution in [2.75, 3.05) is 0 Å². The van der Waals surface area contributed by atoms with E-state index < -0.39 is 6.10 Å². The van der Waals surface area contributed by atoms with Crippen LogP contribution in [0.2, 0.25) is 0 Å². The summed E-state index contributed by atoms with van der Waals surface area (Å²) < 4.78 is 0. The maximum absolute atomic E-state index is 10.5. The summed E-state index contributed by atoms with van der Waals surface area (Å²) >= 11 is 0. The maximum Gasteiger partial charge on any atom is 0.211 e. The molecule has 0 aliphatic rings. The second-order valence-electron chi connectivity index (χ2n) is 4.19. The Hall–Kier alpha value is -2.66. The van der Waals surface area contributed by atoms with Gasteiger partial charge in [0, 0.05) is 5.56 Å². The molecule has 1 unspecified atom stereocenters. The average Bonchev–Trinajstić information content (AvgIpc) is 2.49. The van der Waals surface area contributed by atoms with Crippen molar-refractivity contribution in [1.82, 2.24) is 0 Å². The highest BCUT2D eigenvalue weighted by atomic mass is 16.3. The Bertz CT molecular complexity index is 604. The lowest BCUT2D eigenvalue weighted by Gasteiger charge is -2.13. The minimum atomic E-state index is -0.901. The summed E-state index contributed by atoms with van der Waals surface area (Å²) in [5, 5.41) is 18.1. The van der Waals surface area contributed by atoms with Gasteiger partial charge in [-0.1, -0.05) is 60.7 Å². The standard InChI is InChI=1S/C15H16N4O/c16-15(17)19-18-13(11-7-3-1-4-8-11)14(20)12-9-5-2-6-10-12/h1-10,14,20H,(H4,16,17,19). The highest BCUT2D eigenvalue weighted by molar-refractivity contribution is 6.04. The summed E-state index contributed by atoms with van der Waals surface area (Å²) in [6.07, 6.45) is -0.901. The first kappa shape index (κ1) is 13.8. The van der Waals surface area contributed by atoms with Crippen LogP contribution in [-0.4, -0.2) is 16.8 Å². The molecule has 0 saturated carbocycles. The van der Waals surface area contributed by atoms with Crippen LogP contribution in [0.25, 0.3) is 0 Å². The molecule has 0 aliphatic carbocycles. The van der Waals surface area contributed by atoms with Gasteiger partial charge in [-0.3, -0.25) is 0 Å². The minimum absolute atomic E-state index is 0.154. The van der Waals surface area contributed by atoms with Crippen molar-refractivity contribution in [3.63, 3.8) is 0 Å².